The predicted octanol–water partition coefficient (Wildman–Crippen LogP) is 4.11. The summed E-state index contributed by atoms with van der Waals surface area (Å²) in [5, 5.41) is 10.6. The van der Waals surface area contributed by atoms with Crippen LogP contribution in [-0.4, -0.2) is 30.6 Å². The van der Waals surface area contributed by atoms with Gasteiger partial charge in [-0.05, 0) is 60.1 Å². The van der Waals surface area contributed by atoms with E-state index in [1.54, 1.807) is 36.4 Å². The van der Waals surface area contributed by atoms with Gasteiger partial charge in [0.25, 0.3) is 15.3 Å². The number of imide groups is 1. The van der Waals surface area contributed by atoms with Gasteiger partial charge in [-0.3, -0.25) is 19.2 Å². The maximum absolute atomic E-state index is 13.6. The molecule has 0 bridgehead atoms. The summed E-state index contributed by atoms with van der Waals surface area (Å²) in [6.45, 7) is 1.78. The van der Waals surface area contributed by atoms with Gasteiger partial charge in [0.15, 0.2) is 0 Å². The van der Waals surface area contributed by atoms with E-state index in [0.29, 0.717) is 11.1 Å². The number of sulfonamides is 1. The Kier molecular flexibility index (Phi) is 6.45. The minimum Gasteiger partial charge on any atom is -0.478 e. The van der Waals surface area contributed by atoms with Crippen LogP contribution >= 0.6 is 11.8 Å². The first-order valence-corrected chi connectivity index (χ1v) is 12.5. The van der Waals surface area contributed by atoms with E-state index in [2.05, 4.69) is 5.32 Å². The Morgan fingerprint density at radius 2 is 1.71 bits per heavy atom. The first-order chi connectivity index (χ1) is 16.1. The number of amides is 2. The highest BCUT2D eigenvalue weighted by atomic mass is 32.2. The van der Waals surface area contributed by atoms with E-state index in [-0.39, 0.29) is 22.7 Å². The maximum atomic E-state index is 13.6. The van der Waals surface area contributed by atoms with Crippen molar-refractivity contribution in [3.63, 3.8) is 0 Å². The Morgan fingerprint density at radius 3 is 2.29 bits per heavy atom. The number of hydrogen-bond donors (Lipinski definition) is 2. The molecule has 1 aliphatic rings. The molecular formula is C24H20N2O6S2. The molecule has 1 fully saturated rings. The molecule has 10 heteroatoms. The van der Waals surface area contributed by atoms with E-state index < -0.39 is 32.4 Å². The van der Waals surface area contributed by atoms with Crippen LogP contribution in [0.2, 0.25) is 0 Å². The van der Waals surface area contributed by atoms with Crippen molar-refractivity contribution in [3.8, 4) is 0 Å². The number of carboxylic acids is 1. The first kappa shape index (κ1) is 23.5. The number of aromatic carboxylic acids is 1. The zero-order valence-corrected chi connectivity index (χ0v) is 19.6. The van der Waals surface area contributed by atoms with Crippen molar-refractivity contribution in [1.82, 2.24) is 5.32 Å². The van der Waals surface area contributed by atoms with E-state index in [0.717, 1.165) is 21.6 Å². The summed E-state index contributed by atoms with van der Waals surface area (Å²) < 4.78 is 28.3. The molecule has 2 amide bonds. The summed E-state index contributed by atoms with van der Waals surface area (Å²) >= 11 is 0.889. The molecule has 0 aliphatic carbocycles. The predicted molar refractivity (Wildman–Crippen MR) is 128 cm³/mol. The van der Waals surface area contributed by atoms with Crippen LogP contribution in [0.5, 0.6) is 0 Å². The molecule has 0 saturated carbocycles. The van der Waals surface area contributed by atoms with Crippen molar-refractivity contribution in [2.75, 3.05) is 4.31 Å². The van der Waals surface area contributed by atoms with Gasteiger partial charge in [-0.2, -0.15) is 0 Å². The van der Waals surface area contributed by atoms with Crippen LogP contribution in [-0.2, 0) is 21.4 Å². The Morgan fingerprint density at radius 1 is 1.03 bits per heavy atom. The number of nitrogens with zero attached hydrogens (tertiary/aromatic N) is 1. The number of aryl methyl sites for hydroxylation is 1. The van der Waals surface area contributed by atoms with Crippen molar-refractivity contribution < 1.29 is 27.9 Å². The fourth-order valence-corrected chi connectivity index (χ4v) is 5.76. The number of benzene rings is 3. The molecule has 34 heavy (non-hydrogen) atoms. The van der Waals surface area contributed by atoms with Crippen LogP contribution in [0.25, 0.3) is 0 Å². The van der Waals surface area contributed by atoms with E-state index >= 15 is 0 Å². The second kappa shape index (κ2) is 9.32. The standard InChI is InChI=1S/C24H20N2O6S2/c1-15-5-11-20(12-6-15)34(31,32)26(19-4-2-3-18(13-19)23(28)29)14-16-7-9-17(10-8-16)21-22(27)25-24(30)33-21/h2-13,21H,14H2,1H3,(H,28,29)(H,25,27,30). The molecule has 0 spiro atoms. The largest absolute Gasteiger partial charge is 0.478 e. The smallest absolute Gasteiger partial charge is 0.335 e. The molecule has 1 heterocycles. The molecule has 4 rings (SSSR count). The number of carboxylic acid groups (broad SMARTS) is 1. The average Bonchev–Trinajstić information content (AvgIpc) is 3.16. The molecule has 1 saturated heterocycles. The van der Waals surface area contributed by atoms with Crippen molar-refractivity contribution in [2.24, 2.45) is 0 Å². The van der Waals surface area contributed by atoms with Gasteiger partial charge < -0.3 is 5.11 Å². The summed E-state index contributed by atoms with van der Waals surface area (Å²) in [5.74, 6) is -1.56. The van der Waals surface area contributed by atoms with E-state index in [1.807, 2.05) is 6.92 Å². The van der Waals surface area contributed by atoms with Gasteiger partial charge in [0, 0.05) is 0 Å². The van der Waals surface area contributed by atoms with Gasteiger partial charge in [-0.1, -0.05) is 48.0 Å². The summed E-state index contributed by atoms with van der Waals surface area (Å²) in [6, 6.07) is 18.9. The lowest BCUT2D eigenvalue weighted by Gasteiger charge is -2.25. The van der Waals surface area contributed by atoms with Gasteiger partial charge in [-0.15, -0.1) is 0 Å². The average molecular weight is 497 g/mol. The fraction of sp³-hybridized carbons (Fsp3) is 0.125. The van der Waals surface area contributed by atoms with Crippen LogP contribution in [0.1, 0.15) is 32.3 Å². The summed E-state index contributed by atoms with van der Waals surface area (Å²) in [4.78, 5) is 35.0. The summed E-state index contributed by atoms with van der Waals surface area (Å²) in [5.41, 5.74) is 2.32. The number of carbonyl (C=O) groups is 3. The molecule has 8 nitrogen and oxygen atoms in total. The number of thioether (sulfide) groups is 1. The van der Waals surface area contributed by atoms with Crippen LogP contribution < -0.4 is 9.62 Å². The lowest BCUT2D eigenvalue weighted by atomic mass is 10.1. The SMILES string of the molecule is Cc1ccc(S(=O)(=O)N(Cc2ccc(C3SC(=O)NC3=O)cc2)c2cccc(C(=O)O)c2)cc1. The lowest BCUT2D eigenvalue weighted by molar-refractivity contribution is -0.119. The molecule has 3 aromatic carbocycles. The Balaban J connectivity index is 1.71. The van der Waals surface area contributed by atoms with Crippen molar-refractivity contribution >= 4 is 44.6 Å². The molecule has 1 atom stereocenters. The highest BCUT2D eigenvalue weighted by Crippen LogP contribution is 2.34. The van der Waals surface area contributed by atoms with Gasteiger partial charge >= 0.3 is 5.97 Å². The Labute approximate surface area is 200 Å². The molecule has 0 aromatic heterocycles. The van der Waals surface area contributed by atoms with Crippen molar-refractivity contribution in [1.29, 1.82) is 0 Å². The van der Waals surface area contributed by atoms with E-state index in [9.17, 15) is 27.9 Å². The van der Waals surface area contributed by atoms with Crippen LogP contribution in [0.15, 0.2) is 77.7 Å². The van der Waals surface area contributed by atoms with Crippen LogP contribution in [0, 0.1) is 6.92 Å². The Bertz CT molecular complexity index is 1370. The third-order valence-corrected chi connectivity index (χ3v) is 8.11. The third-order valence-electron chi connectivity index (χ3n) is 5.29. The van der Waals surface area contributed by atoms with Crippen LogP contribution in [0.3, 0.4) is 0 Å². The first-order valence-electron chi connectivity index (χ1n) is 10.2. The highest BCUT2D eigenvalue weighted by molar-refractivity contribution is 8.15. The third kappa shape index (κ3) is 4.82. The number of rotatable bonds is 7. The zero-order valence-electron chi connectivity index (χ0n) is 18.0. The molecule has 174 valence electrons. The quantitative estimate of drug-likeness (QED) is 0.505. The fourth-order valence-electron chi connectivity index (χ4n) is 3.49. The number of carbonyl (C=O) groups excluding carboxylic acids is 2. The Hall–Kier alpha value is -3.63. The minimum absolute atomic E-state index is 0.0362. The number of anilines is 1. The number of hydrogen-bond acceptors (Lipinski definition) is 6. The summed E-state index contributed by atoms with van der Waals surface area (Å²) in [7, 11) is -4.03. The van der Waals surface area contributed by atoms with E-state index in [4.69, 9.17) is 0 Å². The normalized spacial score (nSPS) is 15.7. The molecule has 3 aromatic rings. The molecule has 1 unspecified atom stereocenters. The molecule has 1 aliphatic heterocycles. The molecular weight excluding hydrogens is 476 g/mol. The van der Waals surface area contributed by atoms with Crippen molar-refractivity contribution in [2.45, 2.75) is 23.6 Å². The van der Waals surface area contributed by atoms with Gasteiger partial charge in [-0.25, -0.2) is 13.2 Å². The molecule has 2 N–H and O–H groups in total. The zero-order chi connectivity index (χ0) is 24.5. The van der Waals surface area contributed by atoms with Gasteiger partial charge in [0.1, 0.15) is 5.25 Å². The highest BCUT2D eigenvalue weighted by Gasteiger charge is 2.33. The second-order valence-corrected chi connectivity index (χ2v) is 10.6. The van der Waals surface area contributed by atoms with Crippen LogP contribution in [0.4, 0.5) is 10.5 Å². The molecule has 0 radical (unpaired) electrons. The van der Waals surface area contributed by atoms with Gasteiger partial charge in [0.2, 0.25) is 5.91 Å². The van der Waals surface area contributed by atoms with Crippen molar-refractivity contribution in [3.05, 3.63) is 95.1 Å². The minimum atomic E-state index is -4.03. The van der Waals surface area contributed by atoms with Gasteiger partial charge in [0.05, 0.1) is 22.7 Å². The maximum Gasteiger partial charge on any atom is 0.335 e. The monoisotopic (exact) mass is 496 g/mol. The number of nitrogens with one attached hydrogen (secondary N) is 1. The summed E-state index contributed by atoms with van der Waals surface area (Å²) in [6.07, 6.45) is 0. The van der Waals surface area contributed by atoms with E-state index in [1.165, 1.54) is 36.4 Å². The topological polar surface area (TPSA) is 121 Å². The second-order valence-electron chi connectivity index (χ2n) is 7.70. The lowest BCUT2D eigenvalue weighted by Crippen LogP contribution is -2.30.